The summed E-state index contributed by atoms with van der Waals surface area (Å²) in [4.78, 5) is 0. The fourth-order valence-electron chi connectivity index (χ4n) is 2.64. The first kappa shape index (κ1) is 12.4. The third-order valence-corrected chi connectivity index (χ3v) is 3.76. The van der Waals surface area contributed by atoms with Crippen molar-refractivity contribution in [3.8, 4) is 5.75 Å². The van der Waals surface area contributed by atoms with Gasteiger partial charge in [0, 0.05) is 5.54 Å². The van der Waals surface area contributed by atoms with E-state index in [0.29, 0.717) is 11.3 Å². The van der Waals surface area contributed by atoms with E-state index in [0.717, 1.165) is 31.2 Å². The standard InChI is InChI=1S/C14H20FNO/c1-10-8-11(9-12(17-2)13(10)15)14(16)6-4-3-5-7-14/h8-9H,3-7,16H2,1-2H3. The SMILES string of the molecule is COc1cc(C2(N)CCCCC2)cc(C)c1F. The zero-order chi connectivity index (χ0) is 12.5. The van der Waals surface area contributed by atoms with Gasteiger partial charge in [0.15, 0.2) is 11.6 Å². The summed E-state index contributed by atoms with van der Waals surface area (Å²) in [6.07, 6.45) is 5.49. The molecule has 3 heteroatoms. The normalized spacial score (nSPS) is 19.1. The summed E-state index contributed by atoms with van der Waals surface area (Å²) in [5.41, 5.74) is 7.76. The van der Waals surface area contributed by atoms with Crippen molar-refractivity contribution in [2.24, 2.45) is 5.73 Å². The van der Waals surface area contributed by atoms with Crippen LogP contribution in [-0.4, -0.2) is 7.11 Å². The van der Waals surface area contributed by atoms with E-state index >= 15 is 0 Å². The fourth-order valence-corrected chi connectivity index (χ4v) is 2.64. The molecular weight excluding hydrogens is 217 g/mol. The predicted molar refractivity (Wildman–Crippen MR) is 66.6 cm³/mol. The van der Waals surface area contributed by atoms with Gasteiger partial charge >= 0.3 is 0 Å². The molecule has 0 radical (unpaired) electrons. The zero-order valence-corrected chi connectivity index (χ0v) is 10.6. The molecule has 1 saturated carbocycles. The van der Waals surface area contributed by atoms with Crippen LogP contribution in [0.4, 0.5) is 4.39 Å². The molecule has 0 unspecified atom stereocenters. The van der Waals surface area contributed by atoms with Gasteiger partial charge < -0.3 is 10.5 Å². The first-order valence-electron chi connectivity index (χ1n) is 6.20. The number of benzene rings is 1. The zero-order valence-electron chi connectivity index (χ0n) is 10.6. The smallest absolute Gasteiger partial charge is 0.167 e. The summed E-state index contributed by atoms with van der Waals surface area (Å²) in [6.45, 7) is 1.76. The third kappa shape index (κ3) is 2.29. The van der Waals surface area contributed by atoms with Crippen LogP contribution < -0.4 is 10.5 Å². The van der Waals surface area contributed by atoms with Gasteiger partial charge in [-0.05, 0) is 37.0 Å². The van der Waals surface area contributed by atoms with Crippen LogP contribution in [0.25, 0.3) is 0 Å². The Morgan fingerprint density at radius 1 is 1.24 bits per heavy atom. The molecule has 0 aliphatic heterocycles. The third-order valence-electron chi connectivity index (χ3n) is 3.76. The average molecular weight is 237 g/mol. The van der Waals surface area contributed by atoms with Gasteiger partial charge in [-0.15, -0.1) is 0 Å². The molecule has 0 spiro atoms. The van der Waals surface area contributed by atoms with Crippen molar-refractivity contribution in [3.05, 3.63) is 29.1 Å². The number of aryl methyl sites for hydroxylation is 1. The molecule has 2 N–H and O–H groups in total. The van der Waals surface area contributed by atoms with Crippen LogP contribution in [0.2, 0.25) is 0 Å². The van der Waals surface area contributed by atoms with Crippen molar-refractivity contribution >= 4 is 0 Å². The molecule has 1 aliphatic rings. The second-order valence-corrected chi connectivity index (χ2v) is 5.03. The molecule has 2 rings (SSSR count). The van der Waals surface area contributed by atoms with Crippen LogP contribution in [0, 0.1) is 12.7 Å². The quantitative estimate of drug-likeness (QED) is 0.856. The highest BCUT2D eigenvalue weighted by Crippen LogP contribution is 2.37. The second kappa shape index (κ2) is 4.65. The van der Waals surface area contributed by atoms with Gasteiger partial charge in [0.2, 0.25) is 0 Å². The van der Waals surface area contributed by atoms with Crippen molar-refractivity contribution in [3.63, 3.8) is 0 Å². The highest BCUT2D eigenvalue weighted by Gasteiger charge is 2.30. The lowest BCUT2D eigenvalue weighted by molar-refractivity contribution is 0.299. The Kier molecular flexibility index (Phi) is 3.38. The second-order valence-electron chi connectivity index (χ2n) is 5.03. The highest BCUT2D eigenvalue weighted by atomic mass is 19.1. The van der Waals surface area contributed by atoms with E-state index in [9.17, 15) is 4.39 Å². The van der Waals surface area contributed by atoms with Crippen molar-refractivity contribution in [2.45, 2.75) is 44.6 Å². The minimum Gasteiger partial charge on any atom is -0.494 e. The Bertz CT molecular complexity index is 411. The molecule has 0 heterocycles. The molecule has 0 amide bonds. The maximum absolute atomic E-state index is 13.7. The maximum atomic E-state index is 13.7. The topological polar surface area (TPSA) is 35.2 Å². The molecule has 1 fully saturated rings. The highest BCUT2D eigenvalue weighted by molar-refractivity contribution is 5.39. The van der Waals surface area contributed by atoms with Crippen LogP contribution in [-0.2, 0) is 5.54 Å². The van der Waals surface area contributed by atoms with E-state index in [-0.39, 0.29) is 11.4 Å². The molecule has 94 valence electrons. The molecule has 17 heavy (non-hydrogen) atoms. The van der Waals surface area contributed by atoms with Crippen LogP contribution in [0.1, 0.15) is 43.2 Å². The Balaban J connectivity index is 2.41. The monoisotopic (exact) mass is 237 g/mol. The Hall–Kier alpha value is -1.09. The maximum Gasteiger partial charge on any atom is 0.167 e. The average Bonchev–Trinajstić information content (AvgIpc) is 2.33. The lowest BCUT2D eigenvalue weighted by Crippen LogP contribution is -2.38. The number of methoxy groups -OCH3 is 1. The first-order chi connectivity index (χ1) is 8.07. The van der Waals surface area contributed by atoms with E-state index in [1.807, 2.05) is 6.07 Å². The van der Waals surface area contributed by atoms with Gasteiger partial charge in [-0.2, -0.15) is 0 Å². The molecule has 2 nitrogen and oxygen atoms in total. The predicted octanol–water partition coefficient (Wildman–Crippen LogP) is 3.26. The molecular formula is C14H20FNO. The molecule has 0 aromatic heterocycles. The van der Waals surface area contributed by atoms with E-state index in [4.69, 9.17) is 10.5 Å². The summed E-state index contributed by atoms with van der Waals surface area (Å²) in [6, 6.07) is 3.62. The summed E-state index contributed by atoms with van der Waals surface area (Å²) in [5, 5.41) is 0. The van der Waals surface area contributed by atoms with Crippen molar-refractivity contribution in [1.29, 1.82) is 0 Å². The molecule has 0 atom stereocenters. The van der Waals surface area contributed by atoms with Crippen LogP contribution in [0.15, 0.2) is 12.1 Å². The van der Waals surface area contributed by atoms with Gasteiger partial charge in [0.1, 0.15) is 0 Å². The van der Waals surface area contributed by atoms with Crippen molar-refractivity contribution in [1.82, 2.24) is 0 Å². The summed E-state index contributed by atoms with van der Waals surface area (Å²) < 4.78 is 18.8. The first-order valence-corrected chi connectivity index (χ1v) is 6.20. The van der Waals surface area contributed by atoms with Crippen LogP contribution in [0.5, 0.6) is 5.75 Å². The number of nitrogens with two attached hydrogens (primary N) is 1. The minimum atomic E-state index is -0.302. The Morgan fingerprint density at radius 3 is 2.47 bits per heavy atom. The van der Waals surface area contributed by atoms with E-state index in [1.165, 1.54) is 13.5 Å². The lowest BCUT2D eigenvalue weighted by Gasteiger charge is -2.34. The van der Waals surface area contributed by atoms with Gasteiger partial charge in [0.05, 0.1) is 7.11 Å². The lowest BCUT2D eigenvalue weighted by atomic mass is 9.77. The van der Waals surface area contributed by atoms with Crippen molar-refractivity contribution < 1.29 is 9.13 Å². The Morgan fingerprint density at radius 2 is 1.88 bits per heavy atom. The van der Waals surface area contributed by atoms with Gasteiger partial charge in [-0.25, -0.2) is 4.39 Å². The van der Waals surface area contributed by atoms with Crippen molar-refractivity contribution in [2.75, 3.05) is 7.11 Å². The number of ether oxygens (including phenoxy) is 1. The molecule has 1 aromatic carbocycles. The summed E-state index contributed by atoms with van der Waals surface area (Å²) >= 11 is 0. The number of hydrogen-bond donors (Lipinski definition) is 1. The number of rotatable bonds is 2. The fraction of sp³-hybridized carbons (Fsp3) is 0.571. The molecule has 1 aliphatic carbocycles. The van der Waals surface area contributed by atoms with E-state index < -0.39 is 0 Å². The molecule has 1 aromatic rings. The Labute approximate surface area is 102 Å². The minimum absolute atomic E-state index is 0.282. The largest absolute Gasteiger partial charge is 0.494 e. The van der Waals surface area contributed by atoms with Gasteiger partial charge in [0.25, 0.3) is 0 Å². The summed E-state index contributed by atoms with van der Waals surface area (Å²) in [5.74, 6) is 0.0195. The van der Waals surface area contributed by atoms with Crippen LogP contribution >= 0.6 is 0 Å². The molecule has 0 saturated heterocycles. The van der Waals surface area contributed by atoms with E-state index in [1.54, 1.807) is 13.0 Å². The van der Waals surface area contributed by atoms with Gasteiger partial charge in [-0.1, -0.05) is 25.3 Å². The van der Waals surface area contributed by atoms with Crippen LogP contribution in [0.3, 0.4) is 0 Å². The van der Waals surface area contributed by atoms with E-state index in [2.05, 4.69) is 0 Å². The number of hydrogen-bond acceptors (Lipinski definition) is 2. The van der Waals surface area contributed by atoms with Gasteiger partial charge in [-0.3, -0.25) is 0 Å². The summed E-state index contributed by atoms with van der Waals surface area (Å²) in [7, 11) is 1.49. The number of halogens is 1. The molecule has 0 bridgehead atoms.